The van der Waals surface area contributed by atoms with Crippen molar-refractivity contribution in [2.75, 3.05) is 7.11 Å². The molecule has 0 spiro atoms. The number of carbonyl (C=O) groups excluding carboxylic acids is 1. The van der Waals surface area contributed by atoms with E-state index in [0.29, 0.717) is 23.4 Å². The van der Waals surface area contributed by atoms with Crippen LogP contribution in [0.1, 0.15) is 49.2 Å². The van der Waals surface area contributed by atoms with E-state index in [1.165, 1.54) is 17.9 Å². The molecule has 1 aromatic heterocycles. The summed E-state index contributed by atoms with van der Waals surface area (Å²) in [6.45, 7) is 5.13. The zero-order valence-electron chi connectivity index (χ0n) is 21.4. The van der Waals surface area contributed by atoms with Crippen molar-refractivity contribution in [1.82, 2.24) is 19.8 Å². The smallest absolute Gasteiger partial charge is 0.272 e. The van der Waals surface area contributed by atoms with Crippen LogP contribution in [0.5, 0.6) is 17.4 Å². The standard InChI is InChI=1S/C25H29N5O7S/c1-5-15(2)28-38(34,35)22-14-19(30(32)33)10-13-21(22)37-25-16(3)23(24(31)26-17-6-7-17)27-29(25)18-8-11-20(36-4)12-9-18/h8-15,17,28H,5-7H2,1-4H3,(H,26,31)/t15-/m0/s1. The monoisotopic (exact) mass is 543 g/mol. The van der Waals surface area contributed by atoms with E-state index in [9.17, 15) is 23.3 Å². The fraction of sp³-hybridized carbons (Fsp3) is 0.360. The molecule has 202 valence electrons. The predicted octanol–water partition coefficient (Wildman–Crippen LogP) is 3.86. The highest BCUT2D eigenvalue weighted by atomic mass is 32.2. The molecule has 0 aliphatic heterocycles. The lowest BCUT2D eigenvalue weighted by Gasteiger charge is -2.16. The highest BCUT2D eigenvalue weighted by Crippen LogP contribution is 2.36. The van der Waals surface area contributed by atoms with Gasteiger partial charge in [0.15, 0.2) is 5.69 Å². The van der Waals surface area contributed by atoms with Gasteiger partial charge in [0.1, 0.15) is 16.4 Å². The van der Waals surface area contributed by atoms with Crippen LogP contribution in [0.15, 0.2) is 47.4 Å². The molecule has 1 amide bonds. The average Bonchev–Trinajstić information content (AvgIpc) is 3.65. The molecule has 0 bridgehead atoms. The van der Waals surface area contributed by atoms with Gasteiger partial charge in [0.25, 0.3) is 11.6 Å². The molecule has 1 aliphatic rings. The molecule has 0 saturated heterocycles. The molecule has 1 atom stereocenters. The molecule has 4 rings (SSSR count). The number of hydrogen-bond acceptors (Lipinski definition) is 8. The Morgan fingerprint density at radius 2 is 1.92 bits per heavy atom. The van der Waals surface area contributed by atoms with Gasteiger partial charge in [0, 0.05) is 29.8 Å². The maximum Gasteiger partial charge on any atom is 0.272 e. The van der Waals surface area contributed by atoms with Gasteiger partial charge in [0.2, 0.25) is 15.9 Å². The first kappa shape index (κ1) is 27.1. The summed E-state index contributed by atoms with van der Waals surface area (Å²) in [6, 6.07) is 9.82. The second kappa shape index (κ2) is 10.8. The zero-order valence-corrected chi connectivity index (χ0v) is 22.2. The molecule has 2 aromatic carbocycles. The molecule has 0 unspecified atom stereocenters. The maximum atomic E-state index is 13.2. The number of nitro groups is 1. The number of amides is 1. The lowest BCUT2D eigenvalue weighted by atomic mass is 10.2. The third-order valence-electron chi connectivity index (χ3n) is 6.12. The predicted molar refractivity (Wildman–Crippen MR) is 139 cm³/mol. The van der Waals surface area contributed by atoms with Crippen molar-refractivity contribution in [2.24, 2.45) is 0 Å². The minimum Gasteiger partial charge on any atom is -0.497 e. The van der Waals surface area contributed by atoms with Gasteiger partial charge in [-0.25, -0.2) is 13.1 Å². The molecular formula is C25H29N5O7S. The summed E-state index contributed by atoms with van der Waals surface area (Å²) in [5.74, 6) is 0.159. The molecule has 2 N–H and O–H groups in total. The van der Waals surface area contributed by atoms with Crippen LogP contribution < -0.4 is 19.5 Å². The SMILES string of the molecule is CC[C@H](C)NS(=O)(=O)c1cc([N+](=O)[O-])ccc1Oc1c(C)c(C(=O)NC2CC2)nn1-c1ccc(OC)cc1. The van der Waals surface area contributed by atoms with Crippen molar-refractivity contribution >= 4 is 21.6 Å². The summed E-state index contributed by atoms with van der Waals surface area (Å²) in [5, 5.41) is 18.8. The average molecular weight is 544 g/mol. The Bertz CT molecular complexity index is 1460. The van der Waals surface area contributed by atoms with E-state index < -0.39 is 31.6 Å². The lowest BCUT2D eigenvalue weighted by Crippen LogP contribution is -2.32. The van der Waals surface area contributed by atoms with Crippen LogP contribution in [0.4, 0.5) is 5.69 Å². The third-order valence-corrected chi connectivity index (χ3v) is 7.73. The first-order valence-electron chi connectivity index (χ1n) is 12.1. The quantitative estimate of drug-likeness (QED) is 0.273. The highest BCUT2D eigenvalue weighted by molar-refractivity contribution is 7.89. The van der Waals surface area contributed by atoms with Gasteiger partial charge in [-0.15, -0.1) is 0 Å². The van der Waals surface area contributed by atoms with Crippen molar-refractivity contribution in [3.63, 3.8) is 0 Å². The topological polar surface area (TPSA) is 155 Å². The van der Waals surface area contributed by atoms with Crippen LogP contribution in [-0.2, 0) is 10.0 Å². The number of nitro benzene ring substituents is 1. The molecule has 1 saturated carbocycles. The van der Waals surface area contributed by atoms with Gasteiger partial charge in [-0.1, -0.05) is 6.92 Å². The summed E-state index contributed by atoms with van der Waals surface area (Å²) in [7, 11) is -2.67. The van der Waals surface area contributed by atoms with Crippen molar-refractivity contribution in [2.45, 2.75) is 57.0 Å². The first-order valence-corrected chi connectivity index (χ1v) is 13.6. The number of hydrogen-bond donors (Lipinski definition) is 2. The molecule has 0 radical (unpaired) electrons. The van der Waals surface area contributed by atoms with Gasteiger partial charge in [0.05, 0.1) is 17.7 Å². The molecule has 1 aliphatic carbocycles. The fourth-order valence-corrected chi connectivity index (χ4v) is 5.09. The molecule has 12 nitrogen and oxygen atoms in total. The summed E-state index contributed by atoms with van der Waals surface area (Å²) in [4.78, 5) is 23.3. The highest BCUT2D eigenvalue weighted by Gasteiger charge is 2.30. The van der Waals surface area contributed by atoms with E-state index in [-0.39, 0.29) is 29.3 Å². The van der Waals surface area contributed by atoms with Crippen LogP contribution >= 0.6 is 0 Å². The Kier molecular flexibility index (Phi) is 7.69. The molecular weight excluding hydrogens is 514 g/mol. The Labute approximate surface area is 220 Å². The Morgan fingerprint density at radius 1 is 1.24 bits per heavy atom. The Morgan fingerprint density at radius 3 is 2.50 bits per heavy atom. The van der Waals surface area contributed by atoms with Gasteiger partial charge in [-0.3, -0.25) is 14.9 Å². The van der Waals surface area contributed by atoms with E-state index >= 15 is 0 Å². The van der Waals surface area contributed by atoms with E-state index in [1.54, 1.807) is 38.1 Å². The number of benzene rings is 2. The van der Waals surface area contributed by atoms with Crippen molar-refractivity contribution < 1.29 is 27.6 Å². The number of nitrogens with one attached hydrogen (secondary N) is 2. The summed E-state index contributed by atoms with van der Waals surface area (Å²) < 4.78 is 41.7. The maximum absolute atomic E-state index is 13.2. The van der Waals surface area contributed by atoms with E-state index in [1.807, 2.05) is 6.92 Å². The van der Waals surface area contributed by atoms with Crippen LogP contribution in [0.2, 0.25) is 0 Å². The van der Waals surface area contributed by atoms with E-state index in [0.717, 1.165) is 25.0 Å². The van der Waals surface area contributed by atoms with Gasteiger partial charge >= 0.3 is 0 Å². The van der Waals surface area contributed by atoms with Crippen LogP contribution in [0.25, 0.3) is 5.69 Å². The molecule has 3 aromatic rings. The van der Waals surface area contributed by atoms with Crippen LogP contribution in [0, 0.1) is 17.0 Å². The van der Waals surface area contributed by atoms with Gasteiger partial charge in [-0.2, -0.15) is 9.78 Å². The second-order valence-corrected chi connectivity index (χ2v) is 10.7. The lowest BCUT2D eigenvalue weighted by molar-refractivity contribution is -0.385. The number of nitrogens with zero attached hydrogens (tertiary/aromatic N) is 3. The summed E-state index contributed by atoms with van der Waals surface area (Å²) >= 11 is 0. The molecule has 38 heavy (non-hydrogen) atoms. The summed E-state index contributed by atoms with van der Waals surface area (Å²) in [5.41, 5.74) is 0.604. The number of sulfonamides is 1. The number of non-ortho nitro benzene ring substituents is 1. The Hall–Kier alpha value is -3.97. The molecule has 13 heteroatoms. The van der Waals surface area contributed by atoms with Crippen LogP contribution in [-0.4, -0.2) is 48.2 Å². The summed E-state index contributed by atoms with van der Waals surface area (Å²) in [6.07, 6.45) is 2.29. The van der Waals surface area contributed by atoms with Crippen molar-refractivity contribution in [3.8, 4) is 23.1 Å². The zero-order chi connectivity index (χ0) is 27.6. The number of methoxy groups -OCH3 is 1. The van der Waals surface area contributed by atoms with E-state index in [4.69, 9.17) is 9.47 Å². The van der Waals surface area contributed by atoms with Crippen LogP contribution in [0.3, 0.4) is 0 Å². The number of ether oxygens (including phenoxy) is 2. The third kappa shape index (κ3) is 5.78. The minimum atomic E-state index is -4.20. The second-order valence-electron chi connectivity index (χ2n) is 9.06. The first-order chi connectivity index (χ1) is 18.0. The minimum absolute atomic E-state index is 0.0879. The van der Waals surface area contributed by atoms with E-state index in [2.05, 4.69) is 15.1 Å². The normalized spacial score (nSPS) is 14.1. The van der Waals surface area contributed by atoms with Crippen molar-refractivity contribution in [3.05, 3.63) is 63.8 Å². The largest absolute Gasteiger partial charge is 0.497 e. The fourth-order valence-electron chi connectivity index (χ4n) is 3.62. The molecule has 1 heterocycles. The van der Waals surface area contributed by atoms with Crippen molar-refractivity contribution in [1.29, 1.82) is 0 Å². The Balaban J connectivity index is 1.84. The number of rotatable bonds is 11. The number of carbonyl (C=O) groups is 1. The van der Waals surface area contributed by atoms with Gasteiger partial charge in [-0.05, 0) is 63.4 Å². The molecule has 1 fully saturated rings. The number of aromatic nitrogens is 2. The van der Waals surface area contributed by atoms with Gasteiger partial charge < -0.3 is 14.8 Å².